The van der Waals surface area contributed by atoms with Crippen LogP contribution in [-0.4, -0.2) is 13.2 Å². The van der Waals surface area contributed by atoms with E-state index in [0.29, 0.717) is 24.7 Å². The molecule has 0 aromatic heterocycles. The lowest BCUT2D eigenvalue weighted by Crippen LogP contribution is -2.15. The summed E-state index contributed by atoms with van der Waals surface area (Å²) in [4.78, 5) is 0. The number of anilines is 1. The number of nitrogens with two attached hydrogens (primary N) is 2. The maximum absolute atomic E-state index is 5.89. The molecule has 17 heavy (non-hydrogen) atoms. The Bertz CT molecular complexity index is 414. The molecule has 0 saturated carbocycles. The third kappa shape index (κ3) is 2.84. The van der Waals surface area contributed by atoms with E-state index >= 15 is 0 Å². The molecule has 0 amide bonds. The van der Waals surface area contributed by atoms with Crippen molar-refractivity contribution >= 4 is 11.3 Å². The summed E-state index contributed by atoms with van der Waals surface area (Å²) in [6, 6.07) is 3.64. The number of hydrogen-bond donors (Lipinski definition) is 2. The Morgan fingerprint density at radius 1 is 1.18 bits per heavy atom. The van der Waals surface area contributed by atoms with E-state index in [2.05, 4.69) is 0 Å². The Morgan fingerprint density at radius 3 is 2.24 bits per heavy atom. The topological polar surface area (TPSA) is 70.5 Å². The Morgan fingerprint density at radius 2 is 1.71 bits per heavy atom. The molecule has 0 unspecified atom stereocenters. The largest absolute Gasteiger partial charge is 0.486 e. The van der Waals surface area contributed by atoms with Gasteiger partial charge in [-0.1, -0.05) is 13.8 Å². The molecule has 2 rings (SSSR count). The van der Waals surface area contributed by atoms with Crippen LogP contribution in [-0.2, 0) is 0 Å². The van der Waals surface area contributed by atoms with Crippen LogP contribution in [0.2, 0.25) is 0 Å². The summed E-state index contributed by atoms with van der Waals surface area (Å²) in [6.07, 6.45) is 1.53. The summed E-state index contributed by atoms with van der Waals surface area (Å²) in [5, 5.41) is 0. The maximum atomic E-state index is 5.89. The van der Waals surface area contributed by atoms with Crippen LogP contribution < -0.4 is 20.9 Å². The monoisotopic (exact) mass is 236 g/mol. The fourth-order valence-electron chi connectivity index (χ4n) is 1.54. The van der Waals surface area contributed by atoms with E-state index in [1.54, 1.807) is 6.07 Å². The number of allylic oxidation sites excluding steroid dienone is 1. The second-order valence-corrected chi connectivity index (χ2v) is 3.43. The zero-order valence-corrected chi connectivity index (χ0v) is 10.6. The summed E-state index contributed by atoms with van der Waals surface area (Å²) in [5.74, 6) is 1.43. The van der Waals surface area contributed by atoms with Crippen molar-refractivity contribution in [2.75, 3.05) is 18.9 Å². The van der Waals surface area contributed by atoms with Gasteiger partial charge in [-0.3, -0.25) is 0 Å². The molecule has 1 aliphatic heterocycles. The van der Waals surface area contributed by atoms with E-state index in [1.165, 1.54) is 6.20 Å². The van der Waals surface area contributed by atoms with E-state index < -0.39 is 0 Å². The van der Waals surface area contributed by atoms with Crippen LogP contribution >= 0.6 is 0 Å². The molecule has 0 bridgehead atoms. The molecular weight excluding hydrogens is 216 g/mol. The lowest BCUT2D eigenvalue weighted by Gasteiger charge is -2.20. The van der Waals surface area contributed by atoms with Crippen LogP contribution in [0, 0.1) is 0 Å². The quantitative estimate of drug-likeness (QED) is 0.734. The predicted octanol–water partition coefficient (Wildman–Crippen LogP) is 2.39. The summed E-state index contributed by atoms with van der Waals surface area (Å²) < 4.78 is 10.9. The van der Waals surface area contributed by atoms with Gasteiger partial charge >= 0.3 is 0 Å². The highest BCUT2D eigenvalue weighted by atomic mass is 16.6. The molecule has 4 heteroatoms. The van der Waals surface area contributed by atoms with Crippen molar-refractivity contribution in [3.63, 3.8) is 0 Å². The highest BCUT2D eigenvalue weighted by molar-refractivity contribution is 5.76. The Hall–Kier alpha value is -1.84. The molecule has 0 fully saturated rings. The smallest absolute Gasteiger partial charge is 0.163 e. The van der Waals surface area contributed by atoms with E-state index in [9.17, 15) is 0 Å². The predicted molar refractivity (Wildman–Crippen MR) is 71.0 cm³/mol. The molecule has 1 aromatic rings. The van der Waals surface area contributed by atoms with Crippen molar-refractivity contribution in [2.45, 2.75) is 20.8 Å². The summed E-state index contributed by atoms with van der Waals surface area (Å²) >= 11 is 0. The van der Waals surface area contributed by atoms with Gasteiger partial charge < -0.3 is 20.9 Å². The first-order valence-corrected chi connectivity index (χ1v) is 5.80. The fourth-order valence-corrected chi connectivity index (χ4v) is 1.54. The second-order valence-electron chi connectivity index (χ2n) is 3.43. The van der Waals surface area contributed by atoms with Crippen molar-refractivity contribution in [1.29, 1.82) is 0 Å². The average Bonchev–Trinajstić information content (AvgIpc) is 2.39. The van der Waals surface area contributed by atoms with Crippen LogP contribution in [0.5, 0.6) is 11.5 Å². The van der Waals surface area contributed by atoms with Crippen LogP contribution in [0.1, 0.15) is 26.3 Å². The van der Waals surface area contributed by atoms with Gasteiger partial charge in [0.25, 0.3) is 0 Å². The first-order chi connectivity index (χ1) is 8.22. The van der Waals surface area contributed by atoms with Gasteiger partial charge in [0.15, 0.2) is 11.5 Å². The van der Waals surface area contributed by atoms with Crippen molar-refractivity contribution in [3.8, 4) is 11.5 Å². The van der Waals surface area contributed by atoms with Crippen molar-refractivity contribution < 1.29 is 9.47 Å². The van der Waals surface area contributed by atoms with Crippen LogP contribution in [0.25, 0.3) is 5.57 Å². The van der Waals surface area contributed by atoms with Crippen LogP contribution in [0.3, 0.4) is 0 Å². The van der Waals surface area contributed by atoms with Gasteiger partial charge in [-0.15, -0.1) is 0 Å². The molecule has 0 saturated heterocycles. The minimum absolute atomic E-state index is 0.567. The van der Waals surface area contributed by atoms with E-state index in [0.717, 1.165) is 16.9 Å². The average molecular weight is 236 g/mol. The summed E-state index contributed by atoms with van der Waals surface area (Å²) in [7, 11) is 0. The Balaban J connectivity index is 0.000000686. The van der Waals surface area contributed by atoms with Gasteiger partial charge in [-0.05, 0) is 24.8 Å². The molecule has 94 valence electrons. The van der Waals surface area contributed by atoms with Crippen LogP contribution in [0.4, 0.5) is 5.69 Å². The third-order valence-electron chi connectivity index (χ3n) is 2.39. The van der Waals surface area contributed by atoms with Crippen molar-refractivity contribution in [1.82, 2.24) is 0 Å². The van der Waals surface area contributed by atoms with Gasteiger partial charge in [-0.25, -0.2) is 0 Å². The normalized spacial score (nSPS) is 13.7. The molecule has 1 heterocycles. The van der Waals surface area contributed by atoms with Crippen molar-refractivity contribution in [2.24, 2.45) is 5.73 Å². The molecule has 1 aliphatic rings. The number of fused-ring (bicyclic) bond motifs is 1. The Kier molecular flexibility index (Phi) is 4.69. The maximum Gasteiger partial charge on any atom is 0.163 e. The molecule has 4 N–H and O–H groups in total. The van der Waals surface area contributed by atoms with Crippen LogP contribution in [0.15, 0.2) is 18.3 Å². The van der Waals surface area contributed by atoms with Gasteiger partial charge in [0, 0.05) is 17.3 Å². The third-order valence-corrected chi connectivity index (χ3v) is 2.39. The summed E-state index contributed by atoms with van der Waals surface area (Å²) in [5.41, 5.74) is 13.8. The van der Waals surface area contributed by atoms with Gasteiger partial charge in [0.2, 0.25) is 0 Å². The zero-order chi connectivity index (χ0) is 12.8. The lowest BCUT2D eigenvalue weighted by atomic mass is 10.1. The standard InChI is InChI=1S/C11H14N2O2.C2H6/c1-7(6-12)8-4-10-11(5-9(8)13)15-3-2-14-10;1-2/h4-6H,2-3,12-13H2,1H3;1-2H3/b7-6-;. The highest BCUT2D eigenvalue weighted by Crippen LogP contribution is 2.36. The first kappa shape index (κ1) is 13.2. The molecular formula is C13H20N2O2. The molecule has 0 aliphatic carbocycles. The molecule has 1 aromatic carbocycles. The number of rotatable bonds is 1. The molecule has 4 nitrogen and oxygen atoms in total. The number of hydrogen-bond acceptors (Lipinski definition) is 4. The minimum atomic E-state index is 0.567. The van der Waals surface area contributed by atoms with E-state index in [4.69, 9.17) is 20.9 Å². The van der Waals surface area contributed by atoms with Gasteiger partial charge in [0.1, 0.15) is 13.2 Å². The molecule has 0 spiro atoms. The number of nitrogen functional groups attached to an aromatic ring is 1. The zero-order valence-electron chi connectivity index (χ0n) is 10.6. The lowest BCUT2D eigenvalue weighted by molar-refractivity contribution is 0.171. The Labute approximate surface area is 102 Å². The highest BCUT2D eigenvalue weighted by Gasteiger charge is 2.14. The first-order valence-electron chi connectivity index (χ1n) is 5.80. The van der Waals surface area contributed by atoms with Gasteiger partial charge in [0.05, 0.1) is 0 Å². The number of ether oxygens (including phenoxy) is 2. The van der Waals surface area contributed by atoms with Gasteiger partial charge in [-0.2, -0.15) is 0 Å². The second kappa shape index (κ2) is 6.03. The minimum Gasteiger partial charge on any atom is -0.486 e. The fraction of sp³-hybridized carbons (Fsp3) is 0.385. The molecule has 0 atom stereocenters. The van der Waals surface area contributed by atoms with E-state index in [1.807, 2.05) is 26.8 Å². The summed E-state index contributed by atoms with van der Waals surface area (Å²) in [6.45, 7) is 7.04. The van der Waals surface area contributed by atoms with E-state index in [-0.39, 0.29) is 0 Å². The number of benzene rings is 1. The SMILES string of the molecule is C/C(=C/N)c1cc2c(cc1N)OCCO2.CC. The van der Waals surface area contributed by atoms with Crippen molar-refractivity contribution in [3.05, 3.63) is 23.9 Å². The molecule has 0 radical (unpaired) electrons.